The zero-order valence-corrected chi connectivity index (χ0v) is 15.6. The van der Waals surface area contributed by atoms with Gasteiger partial charge in [-0.3, -0.25) is 9.69 Å². The summed E-state index contributed by atoms with van der Waals surface area (Å²) in [5.41, 5.74) is 3.04. The van der Waals surface area contributed by atoms with E-state index < -0.39 is 11.9 Å². The number of amides is 1. The number of para-hydroxylation sites is 1. The lowest BCUT2D eigenvalue weighted by molar-refractivity contribution is -0.152. The van der Waals surface area contributed by atoms with Gasteiger partial charge in [-0.1, -0.05) is 30.3 Å². The van der Waals surface area contributed by atoms with Gasteiger partial charge in [0.1, 0.15) is 0 Å². The summed E-state index contributed by atoms with van der Waals surface area (Å²) in [5.74, 6) is -1.61. The minimum atomic E-state index is -0.863. The molecule has 0 aromatic heterocycles. The summed E-state index contributed by atoms with van der Waals surface area (Å²) in [6, 6.07) is 18.1. The number of nitrogens with one attached hydrogen (secondary N) is 1. The van der Waals surface area contributed by atoms with Crippen molar-refractivity contribution >= 4 is 23.3 Å². The Morgan fingerprint density at radius 3 is 2.26 bits per heavy atom. The van der Waals surface area contributed by atoms with E-state index in [1.807, 2.05) is 30.3 Å². The Balaban J connectivity index is 1.48. The second kappa shape index (κ2) is 9.19. The first-order chi connectivity index (χ1) is 13.2. The first-order valence-electron chi connectivity index (χ1n) is 9.25. The highest BCUT2D eigenvalue weighted by atomic mass is 16.5. The van der Waals surface area contributed by atoms with Crippen LogP contribution in [0.2, 0.25) is 0 Å². The van der Waals surface area contributed by atoms with Crippen LogP contribution in [-0.2, 0) is 20.9 Å². The lowest BCUT2D eigenvalue weighted by Crippen LogP contribution is -2.45. The van der Waals surface area contributed by atoms with E-state index in [4.69, 9.17) is 0 Å². The van der Waals surface area contributed by atoms with Gasteiger partial charge in [-0.05, 0) is 36.8 Å². The molecule has 2 aromatic carbocycles. The van der Waals surface area contributed by atoms with E-state index in [1.165, 1.54) is 11.3 Å². The van der Waals surface area contributed by atoms with Gasteiger partial charge in [-0.15, -0.1) is 0 Å². The van der Waals surface area contributed by atoms with Gasteiger partial charge in [-0.2, -0.15) is 0 Å². The molecule has 0 atom stereocenters. The Morgan fingerprint density at radius 2 is 1.63 bits per heavy atom. The molecular weight excluding hydrogens is 342 g/mol. The number of hydrogen-bond acceptors (Lipinski definition) is 5. The fourth-order valence-electron chi connectivity index (χ4n) is 3.13. The second-order valence-electron chi connectivity index (χ2n) is 6.47. The van der Waals surface area contributed by atoms with Gasteiger partial charge < -0.3 is 15.0 Å². The molecule has 1 aliphatic rings. The number of benzene rings is 2. The molecular formula is C21H25N3O3. The highest BCUT2D eigenvalue weighted by Gasteiger charge is 2.17. The molecule has 1 heterocycles. The van der Waals surface area contributed by atoms with Gasteiger partial charge in [0, 0.05) is 44.1 Å². The van der Waals surface area contributed by atoms with Crippen molar-refractivity contribution in [3.8, 4) is 0 Å². The Labute approximate surface area is 159 Å². The van der Waals surface area contributed by atoms with Crippen LogP contribution in [0.1, 0.15) is 12.5 Å². The molecule has 1 aliphatic heterocycles. The summed E-state index contributed by atoms with van der Waals surface area (Å²) in [6.07, 6.45) is 0. The van der Waals surface area contributed by atoms with Gasteiger partial charge in [-0.25, -0.2) is 4.79 Å². The van der Waals surface area contributed by atoms with Gasteiger partial charge in [0.25, 0.3) is 0 Å². The highest BCUT2D eigenvalue weighted by Crippen LogP contribution is 2.17. The molecule has 0 aliphatic carbocycles. The molecule has 142 valence electrons. The number of rotatable bonds is 5. The molecule has 0 bridgehead atoms. The van der Waals surface area contributed by atoms with E-state index >= 15 is 0 Å². The third kappa shape index (κ3) is 5.31. The zero-order valence-electron chi connectivity index (χ0n) is 15.6. The first kappa shape index (κ1) is 18.9. The molecule has 1 N–H and O–H groups in total. The SMILES string of the molecule is CCOC(=O)C(=O)Nc1ccc(CN2CCN(c3ccccc3)CC2)cc1. The van der Waals surface area contributed by atoms with Crippen LogP contribution in [0.4, 0.5) is 11.4 Å². The van der Waals surface area contributed by atoms with Crippen LogP contribution < -0.4 is 10.2 Å². The fraction of sp³-hybridized carbons (Fsp3) is 0.333. The summed E-state index contributed by atoms with van der Waals surface area (Å²) >= 11 is 0. The molecule has 1 saturated heterocycles. The number of ether oxygens (including phenoxy) is 1. The largest absolute Gasteiger partial charge is 0.459 e. The van der Waals surface area contributed by atoms with Crippen molar-refractivity contribution in [2.24, 2.45) is 0 Å². The van der Waals surface area contributed by atoms with E-state index in [0.29, 0.717) is 5.69 Å². The number of anilines is 2. The molecule has 1 fully saturated rings. The Hall–Kier alpha value is -2.86. The number of nitrogens with zero attached hydrogens (tertiary/aromatic N) is 2. The lowest BCUT2D eigenvalue weighted by atomic mass is 10.1. The number of carbonyl (C=O) groups is 2. The van der Waals surface area contributed by atoms with Crippen molar-refractivity contribution in [1.82, 2.24) is 4.90 Å². The van der Waals surface area contributed by atoms with Crippen LogP contribution >= 0.6 is 0 Å². The van der Waals surface area contributed by atoms with Crippen molar-refractivity contribution in [1.29, 1.82) is 0 Å². The summed E-state index contributed by atoms with van der Waals surface area (Å²) in [6.45, 7) is 6.76. The third-order valence-corrected chi connectivity index (χ3v) is 4.57. The number of hydrogen-bond donors (Lipinski definition) is 1. The molecule has 0 saturated carbocycles. The molecule has 0 spiro atoms. The van der Waals surface area contributed by atoms with E-state index in [1.54, 1.807) is 6.92 Å². The standard InChI is InChI=1S/C21H25N3O3/c1-2-27-21(26)20(25)22-18-10-8-17(9-11-18)16-23-12-14-24(15-13-23)19-6-4-3-5-7-19/h3-11H,2,12-16H2,1H3,(H,22,25). The Bertz CT molecular complexity index is 754. The first-order valence-corrected chi connectivity index (χ1v) is 9.25. The van der Waals surface area contributed by atoms with E-state index in [2.05, 4.69) is 44.1 Å². The third-order valence-electron chi connectivity index (χ3n) is 4.57. The van der Waals surface area contributed by atoms with Gasteiger partial charge in [0.15, 0.2) is 0 Å². The quantitative estimate of drug-likeness (QED) is 0.650. The van der Waals surface area contributed by atoms with E-state index in [9.17, 15) is 9.59 Å². The Kier molecular flexibility index (Phi) is 6.44. The highest BCUT2D eigenvalue weighted by molar-refractivity contribution is 6.37. The fourth-order valence-corrected chi connectivity index (χ4v) is 3.13. The van der Waals surface area contributed by atoms with Crippen LogP contribution in [-0.4, -0.2) is 49.6 Å². The average Bonchev–Trinajstić information content (AvgIpc) is 2.71. The average molecular weight is 367 g/mol. The van der Waals surface area contributed by atoms with Gasteiger partial charge >= 0.3 is 11.9 Å². The topological polar surface area (TPSA) is 61.9 Å². The van der Waals surface area contributed by atoms with Crippen molar-refractivity contribution in [2.45, 2.75) is 13.5 Å². The van der Waals surface area contributed by atoms with Crippen LogP contribution in [0.3, 0.4) is 0 Å². The number of carbonyl (C=O) groups excluding carboxylic acids is 2. The monoisotopic (exact) mass is 367 g/mol. The van der Waals surface area contributed by atoms with Crippen LogP contribution in [0, 0.1) is 0 Å². The van der Waals surface area contributed by atoms with Crippen molar-refractivity contribution in [2.75, 3.05) is 43.0 Å². The van der Waals surface area contributed by atoms with Crippen molar-refractivity contribution in [3.05, 3.63) is 60.2 Å². The minimum Gasteiger partial charge on any atom is -0.459 e. The molecule has 3 rings (SSSR count). The normalized spacial score (nSPS) is 14.6. The lowest BCUT2D eigenvalue weighted by Gasteiger charge is -2.36. The molecule has 1 amide bonds. The summed E-state index contributed by atoms with van der Waals surface area (Å²) in [4.78, 5) is 27.8. The molecule has 6 heteroatoms. The number of esters is 1. The van der Waals surface area contributed by atoms with E-state index in [-0.39, 0.29) is 6.61 Å². The summed E-state index contributed by atoms with van der Waals surface area (Å²) in [5, 5.41) is 2.55. The van der Waals surface area contributed by atoms with Gasteiger partial charge in [0.05, 0.1) is 6.61 Å². The van der Waals surface area contributed by atoms with Crippen LogP contribution in [0.15, 0.2) is 54.6 Å². The zero-order chi connectivity index (χ0) is 19.1. The maximum atomic E-state index is 11.7. The van der Waals surface area contributed by atoms with Crippen molar-refractivity contribution in [3.63, 3.8) is 0 Å². The molecule has 2 aromatic rings. The minimum absolute atomic E-state index is 0.183. The number of piperazine rings is 1. The summed E-state index contributed by atoms with van der Waals surface area (Å²) in [7, 11) is 0. The van der Waals surface area contributed by atoms with Crippen LogP contribution in [0.25, 0.3) is 0 Å². The van der Waals surface area contributed by atoms with Crippen molar-refractivity contribution < 1.29 is 14.3 Å². The second-order valence-corrected chi connectivity index (χ2v) is 6.47. The predicted octanol–water partition coefficient (Wildman–Crippen LogP) is 2.51. The molecule has 6 nitrogen and oxygen atoms in total. The smallest absolute Gasteiger partial charge is 0.397 e. The summed E-state index contributed by atoms with van der Waals surface area (Å²) < 4.78 is 4.68. The van der Waals surface area contributed by atoms with Gasteiger partial charge in [0.2, 0.25) is 0 Å². The molecule has 27 heavy (non-hydrogen) atoms. The molecule has 0 unspecified atom stereocenters. The maximum absolute atomic E-state index is 11.7. The maximum Gasteiger partial charge on any atom is 0.397 e. The van der Waals surface area contributed by atoms with Crippen LogP contribution in [0.5, 0.6) is 0 Å². The van der Waals surface area contributed by atoms with E-state index in [0.717, 1.165) is 32.7 Å². The molecule has 0 radical (unpaired) electrons. The Morgan fingerprint density at radius 1 is 0.963 bits per heavy atom. The predicted molar refractivity (Wildman–Crippen MR) is 106 cm³/mol.